The fourth-order valence-corrected chi connectivity index (χ4v) is 3.04. The highest BCUT2D eigenvalue weighted by Crippen LogP contribution is 2.24. The number of hydrogen-bond donors (Lipinski definition) is 0. The third-order valence-corrected chi connectivity index (χ3v) is 4.58. The minimum Gasteiger partial charge on any atom is -0.443 e. The smallest absolute Gasteiger partial charge is 0.414 e. The molecule has 0 saturated heterocycles. The van der Waals surface area contributed by atoms with Gasteiger partial charge < -0.3 is 19.6 Å². The molecule has 2 heterocycles. The van der Waals surface area contributed by atoms with Gasteiger partial charge in [-0.2, -0.15) is 0 Å². The average Bonchev–Trinajstić information content (AvgIpc) is 3.11. The van der Waals surface area contributed by atoms with Crippen molar-refractivity contribution in [3.8, 4) is 17.1 Å². The summed E-state index contributed by atoms with van der Waals surface area (Å²) in [5.74, 6) is -0.219. The lowest BCUT2D eigenvalue weighted by atomic mass is 10.0. The Kier molecular flexibility index (Phi) is 4.79. The van der Waals surface area contributed by atoms with Crippen LogP contribution in [0.2, 0.25) is 5.02 Å². The van der Waals surface area contributed by atoms with Crippen LogP contribution in [0, 0.1) is 10.1 Å². The summed E-state index contributed by atoms with van der Waals surface area (Å²) >= 11 is 5.92. The van der Waals surface area contributed by atoms with Gasteiger partial charge in [-0.3, -0.25) is 4.57 Å². The van der Waals surface area contributed by atoms with Crippen LogP contribution in [0.15, 0.2) is 54.7 Å². The molecule has 27 heavy (non-hydrogen) atoms. The predicted octanol–water partition coefficient (Wildman–Crippen LogP) is 4.09. The van der Waals surface area contributed by atoms with Crippen LogP contribution < -0.4 is 4.74 Å². The van der Waals surface area contributed by atoms with Crippen LogP contribution >= 0.6 is 11.6 Å². The quantitative estimate of drug-likeness (QED) is 0.488. The van der Waals surface area contributed by atoms with Crippen molar-refractivity contribution in [3.05, 3.63) is 75.4 Å². The van der Waals surface area contributed by atoms with Crippen molar-refractivity contribution >= 4 is 17.4 Å². The molecule has 4 rings (SSSR count). The largest absolute Gasteiger partial charge is 0.443 e. The van der Waals surface area contributed by atoms with Crippen molar-refractivity contribution in [1.82, 2.24) is 9.55 Å². The van der Waals surface area contributed by atoms with Crippen LogP contribution in [0.1, 0.15) is 5.56 Å². The van der Waals surface area contributed by atoms with Gasteiger partial charge in [0.25, 0.3) is 0 Å². The first-order valence-corrected chi connectivity index (χ1v) is 8.77. The van der Waals surface area contributed by atoms with Gasteiger partial charge in [0.1, 0.15) is 18.9 Å². The second-order valence-corrected chi connectivity index (χ2v) is 6.68. The first-order chi connectivity index (χ1) is 13.1. The Morgan fingerprint density at radius 2 is 1.85 bits per heavy atom. The number of rotatable bonds is 5. The molecule has 7 nitrogen and oxygen atoms in total. The van der Waals surface area contributed by atoms with Crippen molar-refractivity contribution in [3.63, 3.8) is 0 Å². The topological polar surface area (TPSA) is 79.4 Å². The number of ether oxygens (including phenoxy) is 2. The molecule has 0 bridgehead atoms. The van der Waals surface area contributed by atoms with Gasteiger partial charge in [0.05, 0.1) is 13.2 Å². The Morgan fingerprint density at radius 3 is 2.52 bits per heavy atom. The molecule has 0 radical (unpaired) electrons. The normalized spacial score (nSPS) is 15.8. The molecule has 0 aliphatic carbocycles. The van der Waals surface area contributed by atoms with Crippen molar-refractivity contribution in [2.75, 3.05) is 6.61 Å². The maximum atomic E-state index is 10.8. The molecule has 0 saturated carbocycles. The lowest BCUT2D eigenvalue weighted by molar-refractivity contribution is -0.389. The van der Waals surface area contributed by atoms with Crippen molar-refractivity contribution in [1.29, 1.82) is 0 Å². The van der Waals surface area contributed by atoms with Gasteiger partial charge in [0.2, 0.25) is 0 Å². The Bertz CT molecular complexity index is 954. The highest BCUT2D eigenvalue weighted by atomic mass is 35.5. The van der Waals surface area contributed by atoms with E-state index in [4.69, 9.17) is 21.1 Å². The number of halogens is 1. The molecule has 1 aliphatic rings. The van der Waals surface area contributed by atoms with E-state index in [0.717, 1.165) is 16.7 Å². The maximum Gasteiger partial charge on any atom is 0.414 e. The van der Waals surface area contributed by atoms with Crippen LogP contribution in [0.5, 0.6) is 6.01 Å². The van der Waals surface area contributed by atoms with E-state index in [2.05, 4.69) is 4.98 Å². The van der Waals surface area contributed by atoms with Crippen molar-refractivity contribution in [2.24, 2.45) is 0 Å². The Morgan fingerprint density at radius 1 is 1.19 bits per heavy atom. The fourth-order valence-electron chi connectivity index (χ4n) is 2.91. The molecular formula is C19H16ClN3O4. The molecule has 0 fully saturated rings. The zero-order valence-electron chi connectivity index (χ0n) is 14.2. The number of fused-ring (bicyclic) bond motifs is 1. The zero-order chi connectivity index (χ0) is 18.8. The van der Waals surface area contributed by atoms with Crippen molar-refractivity contribution in [2.45, 2.75) is 19.3 Å². The molecule has 1 aromatic heterocycles. The minimum absolute atomic E-state index is 0.192. The highest BCUT2D eigenvalue weighted by molar-refractivity contribution is 6.30. The average molecular weight is 386 g/mol. The van der Waals surface area contributed by atoms with Gasteiger partial charge >= 0.3 is 11.8 Å². The molecule has 8 heteroatoms. The molecule has 0 amide bonds. The van der Waals surface area contributed by atoms with E-state index in [9.17, 15) is 10.1 Å². The molecule has 0 spiro atoms. The summed E-state index contributed by atoms with van der Waals surface area (Å²) in [6.45, 7) is 1.22. The number of imidazole rings is 1. The molecule has 1 atom stereocenters. The van der Waals surface area contributed by atoms with E-state index in [0.29, 0.717) is 24.8 Å². The van der Waals surface area contributed by atoms with E-state index in [1.165, 1.54) is 6.20 Å². The van der Waals surface area contributed by atoms with Crippen LogP contribution in [-0.2, 0) is 17.9 Å². The first kappa shape index (κ1) is 17.5. The molecule has 0 unspecified atom stereocenters. The summed E-state index contributed by atoms with van der Waals surface area (Å²) in [5.41, 5.74) is 3.24. The maximum absolute atomic E-state index is 10.8. The van der Waals surface area contributed by atoms with Gasteiger partial charge in [-0.05, 0) is 33.7 Å². The van der Waals surface area contributed by atoms with Crippen LogP contribution in [0.4, 0.5) is 5.82 Å². The third-order valence-electron chi connectivity index (χ3n) is 4.33. The summed E-state index contributed by atoms with van der Waals surface area (Å²) in [5, 5.41) is 11.5. The SMILES string of the molecule is O=[N+]([O-])c1cn2c(n1)OC[C@@H](OCc1ccc(-c3ccc(Cl)cc3)cc1)C2. The fraction of sp³-hybridized carbons (Fsp3) is 0.211. The van der Waals surface area contributed by atoms with Crippen LogP contribution in [0.25, 0.3) is 11.1 Å². The van der Waals surface area contributed by atoms with Gasteiger partial charge in [0.15, 0.2) is 0 Å². The Balaban J connectivity index is 1.36. The number of aromatic nitrogens is 2. The van der Waals surface area contributed by atoms with E-state index in [1.54, 1.807) is 4.57 Å². The van der Waals surface area contributed by atoms with Gasteiger partial charge in [-0.15, -0.1) is 0 Å². The lowest BCUT2D eigenvalue weighted by Crippen LogP contribution is -2.32. The van der Waals surface area contributed by atoms with E-state index < -0.39 is 4.92 Å². The van der Waals surface area contributed by atoms with Crippen LogP contribution in [-0.4, -0.2) is 27.2 Å². The minimum atomic E-state index is -0.535. The Hall–Kier alpha value is -2.90. The summed E-state index contributed by atoms with van der Waals surface area (Å²) < 4.78 is 13.0. The Labute approximate surface area is 160 Å². The molecule has 138 valence electrons. The van der Waals surface area contributed by atoms with E-state index in [-0.39, 0.29) is 17.9 Å². The number of nitro groups is 1. The molecule has 1 aliphatic heterocycles. The van der Waals surface area contributed by atoms with E-state index >= 15 is 0 Å². The van der Waals surface area contributed by atoms with Gasteiger partial charge in [-0.1, -0.05) is 48.0 Å². The number of benzene rings is 2. The first-order valence-electron chi connectivity index (χ1n) is 8.39. The monoisotopic (exact) mass is 385 g/mol. The molecular weight excluding hydrogens is 370 g/mol. The lowest BCUT2D eigenvalue weighted by Gasteiger charge is -2.22. The summed E-state index contributed by atoms with van der Waals surface area (Å²) in [4.78, 5) is 14.1. The van der Waals surface area contributed by atoms with Gasteiger partial charge in [-0.25, -0.2) is 0 Å². The summed E-state index contributed by atoms with van der Waals surface area (Å²) in [6, 6.07) is 16.1. The second-order valence-electron chi connectivity index (χ2n) is 6.24. The molecule has 2 aromatic carbocycles. The molecule has 3 aromatic rings. The number of hydrogen-bond acceptors (Lipinski definition) is 5. The standard InChI is InChI=1S/C19H16ClN3O4/c20-16-7-5-15(6-8-16)14-3-1-13(2-4-14)11-26-17-9-22-10-18(23(24)25)21-19(22)27-12-17/h1-8,10,17H,9,11-12H2/t17-/m0/s1. The zero-order valence-corrected chi connectivity index (χ0v) is 15.0. The molecule has 0 N–H and O–H groups in total. The summed E-state index contributed by atoms with van der Waals surface area (Å²) in [6.07, 6.45) is 1.17. The van der Waals surface area contributed by atoms with E-state index in [1.807, 2.05) is 48.5 Å². The third kappa shape index (κ3) is 3.94. The van der Waals surface area contributed by atoms with Gasteiger partial charge in [0, 0.05) is 10.0 Å². The van der Waals surface area contributed by atoms with Crippen LogP contribution in [0.3, 0.4) is 0 Å². The summed E-state index contributed by atoms with van der Waals surface area (Å²) in [7, 11) is 0. The number of nitrogens with zero attached hydrogens (tertiary/aromatic N) is 3. The highest BCUT2D eigenvalue weighted by Gasteiger charge is 2.28. The second kappa shape index (κ2) is 7.38. The predicted molar refractivity (Wildman–Crippen MR) is 99.8 cm³/mol. The van der Waals surface area contributed by atoms with Crippen molar-refractivity contribution < 1.29 is 14.4 Å².